The fourth-order valence-corrected chi connectivity index (χ4v) is 2.77. The van der Waals surface area contributed by atoms with Gasteiger partial charge in [-0.15, -0.1) is 24.0 Å². The zero-order chi connectivity index (χ0) is 14.6. The highest BCUT2D eigenvalue weighted by atomic mass is 127. The molecule has 0 aromatic heterocycles. The van der Waals surface area contributed by atoms with Crippen LogP contribution in [0.15, 0.2) is 35.3 Å². The van der Waals surface area contributed by atoms with Crippen LogP contribution in [0.3, 0.4) is 0 Å². The molecular weight excluding hydrogens is 373 g/mol. The van der Waals surface area contributed by atoms with E-state index in [1.807, 2.05) is 7.05 Å². The number of rotatable bonds is 3. The number of benzene rings is 1. The van der Waals surface area contributed by atoms with Gasteiger partial charge in [0.25, 0.3) is 0 Å². The average molecular weight is 401 g/mol. The van der Waals surface area contributed by atoms with Crippen LogP contribution in [-0.4, -0.2) is 37.5 Å². The number of nitrogens with zero attached hydrogens (tertiary/aromatic N) is 2. The summed E-state index contributed by atoms with van der Waals surface area (Å²) in [6, 6.07) is 10.6. The van der Waals surface area contributed by atoms with Crippen molar-refractivity contribution in [1.29, 1.82) is 0 Å². The van der Waals surface area contributed by atoms with Crippen molar-refractivity contribution in [3.63, 3.8) is 0 Å². The van der Waals surface area contributed by atoms with Gasteiger partial charge in [-0.3, -0.25) is 4.99 Å². The van der Waals surface area contributed by atoms with Crippen LogP contribution in [0.2, 0.25) is 0 Å². The van der Waals surface area contributed by atoms with Crippen LogP contribution in [-0.2, 0) is 0 Å². The highest BCUT2D eigenvalue weighted by Crippen LogP contribution is 2.28. The molecule has 1 heterocycles. The predicted molar refractivity (Wildman–Crippen MR) is 102 cm³/mol. The molecule has 1 aromatic carbocycles. The van der Waals surface area contributed by atoms with Crippen molar-refractivity contribution in [3.05, 3.63) is 35.9 Å². The molecule has 1 fully saturated rings. The SMILES string of the molecule is CN=C(NCC(C)c1ccccc1)N1CCC(C)(C)C1.I. The first kappa shape index (κ1) is 18.3. The summed E-state index contributed by atoms with van der Waals surface area (Å²) in [5, 5.41) is 3.52. The van der Waals surface area contributed by atoms with Gasteiger partial charge in [0.15, 0.2) is 5.96 Å². The lowest BCUT2D eigenvalue weighted by molar-refractivity contribution is 0.370. The Morgan fingerprint density at radius 3 is 2.52 bits per heavy atom. The maximum Gasteiger partial charge on any atom is 0.193 e. The number of guanidine groups is 1. The normalized spacial score (nSPS) is 19.0. The third kappa shape index (κ3) is 5.16. The molecule has 3 nitrogen and oxygen atoms in total. The first-order valence-corrected chi connectivity index (χ1v) is 7.52. The molecular formula is C17H28IN3. The summed E-state index contributed by atoms with van der Waals surface area (Å²) in [6.07, 6.45) is 1.24. The second-order valence-corrected chi connectivity index (χ2v) is 6.58. The molecule has 1 aliphatic heterocycles. The summed E-state index contributed by atoms with van der Waals surface area (Å²) in [7, 11) is 1.88. The highest BCUT2D eigenvalue weighted by Gasteiger charge is 2.30. The molecule has 118 valence electrons. The summed E-state index contributed by atoms with van der Waals surface area (Å²) in [5.41, 5.74) is 1.78. The van der Waals surface area contributed by atoms with Crippen molar-refractivity contribution in [3.8, 4) is 0 Å². The average Bonchev–Trinajstić information content (AvgIpc) is 2.80. The van der Waals surface area contributed by atoms with Gasteiger partial charge >= 0.3 is 0 Å². The van der Waals surface area contributed by atoms with E-state index in [0.29, 0.717) is 11.3 Å². The molecule has 0 aliphatic carbocycles. The van der Waals surface area contributed by atoms with Crippen LogP contribution in [0.4, 0.5) is 0 Å². The summed E-state index contributed by atoms with van der Waals surface area (Å²) in [6.45, 7) is 10.0. The molecule has 2 rings (SSSR count). The van der Waals surface area contributed by atoms with Gasteiger partial charge in [0.1, 0.15) is 0 Å². The Morgan fingerprint density at radius 1 is 1.33 bits per heavy atom. The van der Waals surface area contributed by atoms with E-state index in [2.05, 4.69) is 66.3 Å². The van der Waals surface area contributed by atoms with Gasteiger partial charge in [0.05, 0.1) is 0 Å². The van der Waals surface area contributed by atoms with Crippen LogP contribution in [0.25, 0.3) is 0 Å². The minimum Gasteiger partial charge on any atom is -0.356 e. The molecule has 0 radical (unpaired) electrons. The maximum atomic E-state index is 4.43. The number of aliphatic imine (C=N–C) groups is 1. The van der Waals surface area contributed by atoms with Gasteiger partial charge in [0.2, 0.25) is 0 Å². The Morgan fingerprint density at radius 2 is 2.00 bits per heavy atom. The molecule has 0 bridgehead atoms. The standard InChI is InChI=1S/C17H27N3.HI/c1-14(15-8-6-5-7-9-15)12-19-16(18-4)20-11-10-17(2,3)13-20;/h5-9,14H,10-13H2,1-4H3,(H,18,19);1H. The van der Waals surface area contributed by atoms with Gasteiger partial charge in [-0.25, -0.2) is 0 Å². The fraction of sp³-hybridized carbons (Fsp3) is 0.588. The minimum absolute atomic E-state index is 0. The number of hydrogen-bond donors (Lipinski definition) is 1. The summed E-state index contributed by atoms with van der Waals surface area (Å²) in [5.74, 6) is 1.53. The molecule has 1 aromatic rings. The zero-order valence-corrected chi connectivity index (χ0v) is 15.9. The topological polar surface area (TPSA) is 27.6 Å². The molecule has 21 heavy (non-hydrogen) atoms. The Kier molecular flexibility index (Phi) is 6.97. The molecule has 0 saturated carbocycles. The van der Waals surface area contributed by atoms with E-state index in [0.717, 1.165) is 25.6 Å². The largest absolute Gasteiger partial charge is 0.356 e. The smallest absolute Gasteiger partial charge is 0.193 e. The lowest BCUT2D eigenvalue weighted by Gasteiger charge is -2.25. The fourth-order valence-electron chi connectivity index (χ4n) is 2.77. The second kappa shape index (κ2) is 8.01. The second-order valence-electron chi connectivity index (χ2n) is 6.58. The number of likely N-dealkylation sites (tertiary alicyclic amines) is 1. The number of hydrogen-bond acceptors (Lipinski definition) is 1. The van der Waals surface area contributed by atoms with Crippen LogP contribution in [0, 0.1) is 5.41 Å². The van der Waals surface area contributed by atoms with E-state index in [4.69, 9.17) is 0 Å². The molecule has 1 N–H and O–H groups in total. The lowest BCUT2D eigenvalue weighted by atomic mass is 9.93. The molecule has 1 aliphatic rings. The Labute approximate surface area is 146 Å². The summed E-state index contributed by atoms with van der Waals surface area (Å²) >= 11 is 0. The number of nitrogens with one attached hydrogen (secondary N) is 1. The molecule has 1 unspecified atom stereocenters. The van der Waals surface area contributed by atoms with Crippen molar-refractivity contribution in [2.75, 3.05) is 26.7 Å². The molecule has 1 saturated heterocycles. The van der Waals surface area contributed by atoms with Gasteiger partial charge in [0, 0.05) is 26.7 Å². The van der Waals surface area contributed by atoms with E-state index < -0.39 is 0 Å². The maximum absolute atomic E-state index is 4.43. The van der Waals surface area contributed by atoms with Crippen molar-refractivity contribution in [2.24, 2.45) is 10.4 Å². The van der Waals surface area contributed by atoms with Crippen molar-refractivity contribution >= 4 is 29.9 Å². The predicted octanol–water partition coefficient (Wildman–Crippen LogP) is 3.72. The van der Waals surface area contributed by atoms with Gasteiger partial charge in [-0.1, -0.05) is 51.1 Å². The quantitative estimate of drug-likeness (QED) is 0.475. The first-order chi connectivity index (χ1) is 9.52. The van der Waals surface area contributed by atoms with E-state index in [1.165, 1.54) is 12.0 Å². The van der Waals surface area contributed by atoms with Crippen molar-refractivity contribution in [2.45, 2.75) is 33.1 Å². The third-order valence-electron chi connectivity index (χ3n) is 4.12. The Balaban J connectivity index is 0.00000220. The van der Waals surface area contributed by atoms with Crippen LogP contribution in [0.5, 0.6) is 0 Å². The first-order valence-electron chi connectivity index (χ1n) is 7.52. The van der Waals surface area contributed by atoms with Crippen LogP contribution >= 0.6 is 24.0 Å². The third-order valence-corrected chi connectivity index (χ3v) is 4.12. The molecule has 0 amide bonds. The van der Waals surface area contributed by atoms with Gasteiger partial charge in [-0.2, -0.15) is 0 Å². The molecule has 1 atom stereocenters. The number of halogens is 1. The minimum atomic E-state index is 0. The van der Waals surface area contributed by atoms with E-state index in [-0.39, 0.29) is 24.0 Å². The van der Waals surface area contributed by atoms with E-state index in [9.17, 15) is 0 Å². The van der Waals surface area contributed by atoms with Crippen molar-refractivity contribution < 1.29 is 0 Å². The van der Waals surface area contributed by atoms with Gasteiger partial charge < -0.3 is 10.2 Å². The highest BCUT2D eigenvalue weighted by molar-refractivity contribution is 14.0. The lowest BCUT2D eigenvalue weighted by Crippen LogP contribution is -2.42. The van der Waals surface area contributed by atoms with E-state index in [1.54, 1.807) is 0 Å². The Hall–Kier alpha value is -0.780. The molecule has 0 spiro atoms. The van der Waals surface area contributed by atoms with E-state index >= 15 is 0 Å². The zero-order valence-electron chi connectivity index (χ0n) is 13.6. The van der Waals surface area contributed by atoms with Crippen LogP contribution < -0.4 is 5.32 Å². The van der Waals surface area contributed by atoms with Crippen molar-refractivity contribution in [1.82, 2.24) is 10.2 Å². The summed E-state index contributed by atoms with van der Waals surface area (Å²) in [4.78, 5) is 6.81. The van der Waals surface area contributed by atoms with Gasteiger partial charge in [-0.05, 0) is 23.3 Å². The van der Waals surface area contributed by atoms with Crippen LogP contribution in [0.1, 0.15) is 38.7 Å². The monoisotopic (exact) mass is 401 g/mol. The Bertz CT molecular complexity index is 456. The summed E-state index contributed by atoms with van der Waals surface area (Å²) < 4.78 is 0. The molecule has 4 heteroatoms.